The molecule has 0 aliphatic carbocycles. The van der Waals surface area contributed by atoms with Crippen molar-refractivity contribution in [2.45, 2.75) is 31.0 Å². The first-order chi connectivity index (χ1) is 8.10. The second-order valence-corrected chi connectivity index (χ2v) is 4.16. The number of rotatable bonds is 7. The lowest BCUT2D eigenvalue weighted by Crippen LogP contribution is -2.40. The van der Waals surface area contributed by atoms with Crippen molar-refractivity contribution in [1.29, 1.82) is 0 Å². The van der Waals surface area contributed by atoms with Gasteiger partial charge in [-0.15, -0.1) is 0 Å². The van der Waals surface area contributed by atoms with Gasteiger partial charge in [-0.1, -0.05) is 0 Å². The summed E-state index contributed by atoms with van der Waals surface area (Å²) in [6.07, 6.45) is -1.98. The van der Waals surface area contributed by atoms with Crippen molar-refractivity contribution < 1.29 is 28.4 Å². The average molecular weight is 285 g/mol. The van der Waals surface area contributed by atoms with Crippen molar-refractivity contribution in [2.24, 2.45) is 5.73 Å². The first kappa shape index (κ1) is 15.2. The van der Waals surface area contributed by atoms with Crippen LogP contribution in [0.5, 0.6) is 0 Å². The van der Waals surface area contributed by atoms with E-state index in [9.17, 15) is 4.79 Å². The lowest BCUT2D eigenvalue weighted by atomic mass is 10.1. The van der Waals surface area contributed by atoms with Crippen LogP contribution in [0.1, 0.15) is 6.42 Å². The minimum Gasteiger partial charge on any atom is -0.481 e. The lowest BCUT2D eigenvalue weighted by molar-refractivity contribution is -0.139. The van der Waals surface area contributed by atoms with Gasteiger partial charge >= 0.3 is 5.97 Å². The number of carbonyl (C=O) groups is 1. The van der Waals surface area contributed by atoms with Crippen molar-refractivity contribution in [3.8, 4) is 0 Å². The Kier molecular flexibility index (Phi) is 6.74. The van der Waals surface area contributed by atoms with E-state index in [1.54, 1.807) is 0 Å². The molecule has 0 spiro atoms. The average Bonchev–Trinajstić information content (AvgIpc) is 2.55. The fourth-order valence-corrected chi connectivity index (χ4v) is 2.14. The zero-order chi connectivity index (χ0) is 12.8. The summed E-state index contributed by atoms with van der Waals surface area (Å²) in [7, 11) is 4.24. The van der Waals surface area contributed by atoms with E-state index in [2.05, 4.69) is 18.9 Å². The third-order valence-electron chi connectivity index (χ3n) is 2.39. The van der Waals surface area contributed by atoms with Crippen LogP contribution in [0.3, 0.4) is 0 Å². The number of aliphatic carboxylic acids is 1. The molecule has 0 saturated carbocycles. The van der Waals surface area contributed by atoms with E-state index in [1.165, 1.54) is 0 Å². The summed E-state index contributed by atoms with van der Waals surface area (Å²) in [5, 5.41) is 8.51. The smallest absolute Gasteiger partial charge is 0.305 e. The zero-order valence-corrected chi connectivity index (χ0v) is 11.5. The van der Waals surface area contributed by atoms with Crippen LogP contribution in [-0.2, 0) is 23.3 Å². The van der Waals surface area contributed by atoms with Gasteiger partial charge in [0.2, 0.25) is 0 Å². The van der Waals surface area contributed by atoms with Crippen LogP contribution in [-0.4, -0.2) is 48.8 Å². The molecule has 0 aromatic carbocycles. The van der Waals surface area contributed by atoms with Gasteiger partial charge in [-0.3, -0.25) is 4.79 Å². The molecule has 1 aliphatic heterocycles. The van der Waals surface area contributed by atoms with Gasteiger partial charge in [-0.25, -0.2) is 0 Å². The standard InChI is InChI=1S/C8H17NO6P2/c9-8-7(12-2-1-5(10)11)6(15-17)4(14-8)3-13-16/h4,6-8H,1-3,9,16-17H2,(H,10,11). The summed E-state index contributed by atoms with van der Waals surface area (Å²) in [5.41, 5.74) is 5.74. The summed E-state index contributed by atoms with van der Waals surface area (Å²) in [4.78, 5) is 10.4. The van der Waals surface area contributed by atoms with Gasteiger partial charge in [0.15, 0.2) is 0 Å². The summed E-state index contributed by atoms with van der Waals surface area (Å²) >= 11 is 0. The second kappa shape index (κ2) is 7.54. The summed E-state index contributed by atoms with van der Waals surface area (Å²) in [6, 6.07) is 0. The quantitative estimate of drug-likeness (QED) is 0.609. The maximum atomic E-state index is 10.4. The molecule has 1 fully saturated rings. The summed E-state index contributed by atoms with van der Waals surface area (Å²) in [5.74, 6) is -0.925. The molecule has 6 atom stereocenters. The summed E-state index contributed by atoms with van der Waals surface area (Å²) in [6.45, 7) is 0.367. The Hall–Kier alpha value is 0.130. The van der Waals surface area contributed by atoms with Gasteiger partial charge in [-0.05, 0) is 0 Å². The predicted molar refractivity (Wildman–Crippen MR) is 65.1 cm³/mol. The molecule has 9 heteroatoms. The fourth-order valence-electron chi connectivity index (χ4n) is 1.62. The highest BCUT2D eigenvalue weighted by Crippen LogP contribution is 2.26. The van der Waals surface area contributed by atoms with Gasteiger partial charge in [0.05, 0.1) is 19.6 Å². The number of carboxylic acid groups (broad SMARTS) is 1. The Morgan fingerprint density at radius 3 is 2.65 bits per heavy atom. The first-order valence-corrected chi connectivity index (χ1v) is 5.96. The van der Waals surface area contributed by atoms with Crippen molar-refractivity contribution in [2.75, 3.05) is 13.2 Å². The van der Waals surface area contributed by atoms with Crippen LogP contribution in [0.4, 0.5) is 0 Å². The van der Waals surface area contributed by atoms with E-state index in [0.717, 1.165) is 0 Å². The number of carboxylic acids is 1. The van der Waals surface area contributed by atoms with Crippen LogP contribution in [0.2, 0.25) is 0 Å². The van der Waals surface area contributed by atoms with E-state index >= 15 is 0 Å². The van der Waals surface area contributed by atoms with E-state index in [1.807, 2.05) is 0 Å². The van der Waals surface area contributed by atoms with Crippen LogP contribution >= 0.6 is 18.9 Å². The molecule has 1 heterocycles. The SMILES string of the molecule is NC1OC(COP)C(OP)C1OCCC(=O)O. The molecule has 0 amide bonds. The third-order valence-corrected chi connectivity index (χ3v) is 2.90. The molecule has 0 radical (unpaired) electrons. The van der Waals surface area contributed by atoms with Crippen molar-refractivity contribution >= 4 is 24.9 Å². The molecule has 6 unspecified atom stereocenters. The number of nitrogens with two attached hydrogens (primary N) is 1. The molecule has 1 rings (SSSR count). The molecular weight excluding hydrogens is 268 g/mol. The number of hydrogen-bond acceptors (Lipinski definition) is 6. The largest absolute Gasteiger partial charge is 0.481 e. The Morgan fingerprint density at radius 1 is 1.41 bits per heavy atom. The third kappa shape index (κ3) is 4.38. The topological polar surface area (TPSA) is 100 Å². The van der Waals surface area contributed by atoms with Crippen molar-refractivity contribution in [1.82, 2.24) is 0 Å². The second-order valence-electron chi connectivity index (χ2n) is 3.55. The molecule has 100 valence electrons. The molecule has 0 aromatic heterocycles. The highest BCUT2D eigenvalue weighted by atomic mass is 31.0. The van der Waals surface area contributed by atoms with Crippen molar-refractivity contribution in [3.05, 3.63) is 0 Å². The Balaban J connectivity index is 2.48. The van der Waals surface area contributed by atoms with E-state index < -0.39 is 24.4 Å². The Labute approximate surface area is 104 Å². The molecule has 3 N–H and O–H groups in total. The van der Waals surface area contributed by atoms with Gasteiger partial charge in [-0.2, -0.15) is 0 Å². The van der Waals surface area contributed by atoms with E-state index in [-0.39, 0.29) is 19.1 Å². The molecule has 0 aromatic rings. The van der Waals surface area contributed by atoms with Crippen LogP contribution < -0.4 is 5.73 Å². The van der Waals surface area contributed by atoms with Crippen LogP contribution in [0.25, 0.3) is 0 Å². The minimum absolute atomic E-state index is 0.0655. The Morgan fingerprint density at radius 2 is 2.12 bits per heavy atom. The van der Waals surface area contributed by atoms with Gasteiger partial charge in [0, 0.05) is 18.9 Å². The van der Waals surface area contributed by atoms with Gasteiger partial charge in [0.1, 0.15) is 24.5 Å². The lowest BCUT2D eigenvalue weighted by Gasteiger charge is -2.21. The van der Waals surface area contributed by atoms with E-state index in [4.69, 9.17) is 29.4 Å². The fraction of sp³-hybridized carbons (Fsp3) is 0.875. The molecule has 0 bridgehead atoms. The van der Waals surface area contributed by atoms with Gasteiger partial charge < -0.3 is 29.4 Å². The predicted octanol–water partition coefficient (Wildman–Crippen LogP) is -0.488. The van der Waals surface area contributed by atoms with E-state index in [0.29, 0.717) is 6.61 Å². The normalized spacial score (nSPS) is 32.9. The molecule has 17 heavy (non-hydrogen) atoms. The minimum atomic E-state index is -0.925. The maximum absolute atomic E-state index is 10.4. The van der Waals surface area contributed by atoms with Crippen molar-refractivity contribution in [3.63, 3.8) is 0 Å². The highest BCUT2D eigenvalue weighted by molar-refractivity contribution is 7.10. The monoisotopic (exact) mass is 285 g/mol. The number of hydrogen-bond donors (Lipinski definition) is 2. The van der Waals surface area contributed by atoms with Crippen LogP contribution in [0.15, 0.2) is 0 Å². The molecule has 1 saturated heterocycles. The number of ether oxygens (including phenoxy) is 2. The molecule has 1 aliphatic rings. The highest BCUT2D eigenvalue weighted by Gasteiger charge is 2.44. The maximum Gasteiger partial charge on any atom is 0.305 e. The molecular formula is C8H17NO6P2. The first-order valence-electron chi connectivity index (χ1n) is 5.01. The van der Waals surface area contributed by atoms with Crippen LogP contribution in [0, 0.1) is 0 Å². The molecule has 7 nitrogen and oxygen atoms in total. The van der Waals surface area contributed by atoms with Gasteiger partial charge in [0.25, 0.3) is 0 Å². The summed E-state index contributed by atoms with van der Waals surface area (Å²) < 4.78 is 20.8. The zero-order valence-electron chi connectivity index (χ0n) is 9.15. The Bertz CT molecular complexity index is 256.